The zero-order chi connectivity index (χ0) is 21.4. The topological polar surface area (TPSA) is 87.7 Å². The Morgan fingerprint density at radius 3 is 2.28 bits per heavy atom. The van der Waals surface area contributed by atoms with E-state index in [9.17, 15) is 13.2 Å². The smallest absolute Gasteiger partial charge is 0.246 e. The molecule has 7 nitrogen and oxygen atoms in total. The van der Waals surface area contributed by atoms with Crippen LogP contribution in [0.15, 0.2) is 48.5 Å². The summed E-state index contributed by atoms with van der Waals surface area (Å²) in [5.41, 5.74) is 1.77. The first-order chi connectivity index (χ1) is 13.8. The standard InChI is InChI=1S/C21H29N3O4S/c1-5-24(6-2)20(16-11-9-8-10-12-16)21(25)22-17-13-14-18(19(15-17)28-4)23-29(26,27)7-3/h8-15,20,23H,5-7H2,1-4H3,(H,22,25). The number of nitrogens with one attached hydrogen (secondary N) is 2. The van der Waals surface area contributed by atoms with Crippen LogP contribution in [0.5, 0.6) is 5.75 Å². The fourth-order valence-electron chi connectivity index (χ4n) is 3.06. The number of hydrogen-bond acceptors (Lipinski definition) is 5. The second-order valence-electron chi connectivity index (χ2n) is 6.44. The molecule has 0 saturated carbocycles. The Kier molecular flexibility index (Phi) is 8.04. The Labute approximate surface area is 173 Å². The van der Waals surface area contributed by atoms with Crippen molar-refractivity contribution in [2.75, 3.05) is 36.0 Å². The van der Waals surface area contributed by atoms with Crippen molar-refractivity contribution >= 4 is 27.3 Å². The van der Waals surface area contributed by atoms with Crippen molar-refractivity contribution in [1.82, 2.24) is 4.90 Å². The van der Waals surface area contributed by atoms with Crippen molar-refractivity contribution in [2.24, 2.45) is 0 Å². The molecule has 0 radical (unpaired) electrons. The van der Waals surface area contributed by atoms with E-state index in [0.717, 1.165) is 18.7 Å². The average Bonchev–Trinajstić information content (AvgIpc) is 2.73. The third-order valence-corrected chi connectivity index (χ3v) is 5.95. The second-order valence-corrected chi connectivity index (χ2v) is 8.46. The van der Waals surface area contributed by atoms with Crippen molar-refractivity contribution in [3.63, 3.8) is 0 Å². The number of methoxy groups -OCH3 is 1. The van der Waals surface area contributed by atoms with Gasteiger partial charge in [-0.25, -0.2) is 8.42 Å². The first-order valence-corrected chi connectivity index (χ1v) is 11.3. The SMILES string of the molecule is CCN(CC)C(C(=O)Nc1ccc(NS(=O)(=O)CC)c(OC)c1)c1ccccc1. The minimum absolute atomic E-state index is 0.0444. The molecule has 2 rings (SSSR count). The maximum absolute atomic E-state index is 13.1. The van der Waals surface area contributed by atoms with E-state index in [0.29, 0.717) is 17.1 Å². The van der Waals surface area contributed by atoms with E-state index in [1.165, 1.54) is 7.11 Å². The highest BCUT2D eigenvalue weighted by Crippen LogP contribution is 2.30. The van der Waals surface area contributed by atoms with E-state index in [4.69, 9.17) is 4.74 Å². The molecule has 2 aromatic rings. The van der Waals surface area contributed by atoms with Gasteiger partial charge in [-0.15, -0.1) is 0 Å². The number of hydrogen-bond donors (Lipinski definition) is 2. The van der Waals surface area contributed by atoms with Crippen molar-refractivity contribution < 1.29 is 17.9 Å². The van der Waals surface area contributed by atoms with Gasteiger partial charge in [-0.05, 0) is 37.7 Å². The monoisotopic (exact) mass is 419 g/mol. The molecule has 8 heteroatoms. The van der Waals surface area contributed by atoms with Gasteiger partial charge in [0.15, 0.2) is 0 Å². The van der Waals surface area contributed by atoms with Gasteiger partial charge in [-0.3, -0.25) is 14.4 Å². The van der Waals surface area contributed by atoms with Gasteiger partial charge in [0.1, 0.15) is 11.8 Å². The lowest BCUT2D eigenvalue weighted by atomic mass is 10.0. The molecule has 0 spiro atoms. The molecule has 1 amide bonds. The molecule has 0 aromatic heterocycles. The van der Waals surface area contributed by atoms with Crippen molar-refractivity contribution in [2.45, 2.75) is 26.8 Å². The van der Waals surface area contributed by atoms with Crippen LogP contribution in [0, 0.1) is 0 Å². The first-order valence-electron chi connectivity index (χ1n) is 9.63. The van der Waals surface area contributed by atoms with Crippen LogP contribution in [0.3, 0.4) is 0 Å². The molecule has 0 bridgehead atoms. The molecule has 0 saturated heterocycles. The summed E-state index contributed by atoms with van der Waals surface area (Å²) in [5.74, 6) is 0.125. The van der Waals surface area contributed by atoms with Crippen molar-refractivity contribution in [3.05, 3.63) is 54.1 Å². The molecule has 0 fully saturated rings. The second kappa shape index (κ2) is 10.3. The Morgan fingerprint density at radius 2 is 1.72 bits per heavy atom. The first kappa shape index (κ1) is 22.7. The maximum atomic E-state index is 13.1. The molecule has 0 aliphatic rings. The summed E-state index contributed by atoms with van der Waals surface area (Å²) in [4.78, 5) is 15.2. The van der Waals surface area contributed by atoms with Gasteiger partial charge < -0.3 is 10.1 Å². The van der Waals surface area contributed by atoms with E-state index in [2.05, 4.69) is 14.9 Å². The van der Waals surface area contributed by atoms with Crippen LogP contribution in [0.2, 0.25) is 0 Å². The van der Waals surface area contributed by atoms with Crippen LogP contribution in [0.1, 0.15) is 32.4 Å². The number of carbonyl (C=O) groups is 1. The number of sulfonamides is 1. The lowest BCUT2D eigenvalue weighted by Crippen LogP contribution is -2.37. The normalized spacial score (nSPS) is 12.4. The molecular weight excluding hydrogens is 390 g/mol. The molecule has 0 aliphatic carbocycles. The summed E-state index contributed by atoms with van der Waals surface area (Å²) in [6.07, 6.45) is 0. The van der Waals surface area contributed by atoms with Gasteiger partial charge in [-0.1, -0.05) is 44.2 Å². The summed E-state index contributed by atoms with van der Waals surface area (Å²) in [7, 11) is -1.98. The third-order valence-electron chi connectivity index (χ3n) is 4.66. The molecule has 0 heterocycles. The van der Waals surface area contributed by atoms with Crippen LogP contribution in [0.4, 0.5) is 11.4 Å². The van der Waals surface area contributed by atoms with Gasteiger partial charge in [0, 0.05) is 11.8 Å². The predicted octanol–water partition coefficient (Wildman–Crippen LogP) is 3.48. The van der Waals surface area contributed by atoms with Gasteiger partial charge in [0.05, 0.1) is 18.6 Å². The predicted molar refractivity (Wildman–Crippen MR) is 117 cm³/mol. The summed E-state index contributed by atoms with van der Waals surface area (Å²) in [6.45, 7) is 7.05. The Morgan fingerprint density at radius 1 is 1.07 bits per heavy atom. The number of ether oxygens (including phenoxy) is 1. The number of benzene rings is 2. The number of amides is 1. The summed E-state index contributed by atoms with van der Waals surface area (Å²) in [5, 5.41) is 2.93. The summed E-state index contributed by atoms with van der Waals surface area (Å²) < 4.78 is 31.5. The Bertz CT molecular complexity index is 913. The van der Waals surface area contributed by atoms with Crippen molar-refractivity contribution in [3.8, 4) is 5.75 Å². The van der Waals surface area contributed by atoms with Crippen LogP contribution in [-0.2, 0) is 14.8 Å². The van der Waals surface area contributed by atoms with E-state index < -0.39 is 16.1 Å². The minimum atomic E-state index is -3.43. The molecule has 0 aliphatic heterocycles. The Hall–Kier alpha value is -2.58. The van der Waals surface area contributed by atoms with Gasteiger partial charge >= 0.3 is 0 Å². The number of anilines is 2. The molecule has 29 heavy (non-hydrogen) atoms. The third kappa shape index (κ3) is 5.95. The van der Waals surface area contributed by atoms with E-state index in [1.54, 1.807) is 25.1 Å². The number of rotatable bonds is 10. The highest BCUT2D eigenvalue weighted by molar-refractivity contribution is 7.92. The quantitative estimate of drug-likeness (QED) is 0.616. The van der Waals surface area contributed by atoms with Gasteiger partial charge in [0.2, 0.25) is 15.9 Å². The summed E-state index contributed by atoms with van der Waals surface area (Å²) in [6, 6.07) is 14.0. The highest BCUT2D eigenvalue weighted by Gasteiger charge is 2.26. The van der Waals surface area contributed by atoms with Crippen LogP contribution in [-0.4, -0.2) is 45.2 Å². The van der Waals surface area contributed by atoms with Gasteiger partial charge in [0.25, 0.3) is 0 Å². The minimum Gasteiger partial charge on any atom is -0.494 e. The molecule has 2 aromatic carbocycles. The molecule has 1 unspecified atom stereocenters. The molecule has 1 atom stereocenters. The van der Waals surface area contributed by atoms with Crippen LogP contribution < -0.4 is 14.8 Å². The number of nitrogens with zero attached hydrogens (tertiary/aromatic N) is 1. The molecular formula is C21H29N3O4S. The molecule has 2 N–H and O–H groups in total. The van der Waals surface area contributed by atoms with Crippen LogP contribution >= 0.6 is 0 Å². The zero-order valence-electron chi connectivity index (χ0n) is 17.3. The number of likely N-dealkylation sites (N-methyl/N-ethyl adjacent to an activating group) is 1. The fraction of sp³-hybridized carbons (Fsp3) is 0.381. The lowest BCUT2D eigenvalue weighted by Gasteiger charge is -2.29. The van der Waals surface area contributed by atoms with E-state index >= 15 is 0 Å². The lowest BCUT2D eigenvalue weighted by molar-refractivity contribution is -0.121. The van der Waals surface area contributed by atoms with Crippen LogP contribution in [0.25, 0.3) is 0 Å². The zero-order valence-corrected chi connectivity index (χ0v) is 18.1. The Balaban J connectivity index is 2.29. The largest absolute Gasteiger partial charge is 0.494 e. The fourth-order valence-corrected chi connectivity index (χ4v) is 3.70. The highest BCUT2D eigenvalue weighted by atomic mass is 32.2. The molecule has 158 valence electrons. The van der Waals surface area contributed by atoms with E-state index in [1.807, 2.05) is 44.2 Å². The maximum Gasteiger partial charge on any atom is 0.246 e. The van der Waals surface area contributed by atoms with E-state index in [-0.39, 0.29) is 11.7 Å². The average molecular weight is 420 g/mol. The summed E-state index contributed by atoms with van der Waals surface area (Å²) >= 11 is 0. The number of carbonyl (C=O) groups excluding carboxylic acids is 1. The van der Waals surface area contributed by atoms with Gasteiger partial charge in [-0.2, -0.15) is 0 Å². The van der Waals surface area contributed by atoms with Crippen molar-refractivity contribution in [1.29, 1.82) is 0 Å².